The number of rotatable bonds is 3. The first kappa shape index (κ1) is 12.9. The van der Waals surface area contributed by atoms with Crippen molar-refractivity contribution in [3.05, 3.63) is 22.2 Å². The van der Waals surface area contributed by atoms with Crippen molar-refractivity contribution in [2.75, 3.05) is 14.2 Å². The number of methoxy groups -OCH3 is 2. The normalized spacial score (nSPS) is 10.8. The van der Waals surface area contributed by atoms with Gasteiger partial charge in [-0.05, 0) is 31.5 Å². The van der Waals surface area contributed by atoms with Crippen LogP contribution in [0.15, 0.2) is 16.6 Å². The molecule has 0 aromatic heterocycles. The smallest absolute Gasteiger partial charge is 0.161 e. The molecule has 0 aliphatic carbocycles. The Balaban J connectivity index is 3.39. The molecule has 1 aromatic rings. The van der Waals surface area contributed by atoms with E-state index in [4.69, 9.17) is 15.9 Å². The Morgan fingerprint density at radius 1 is 1.19 bits per heavy atom. The van der Waals surface area contributed by atoms with Crippen molar-refractivity contribution >= 4 is 15.9 Å². The number of terminal acetylenes is 1. The largest absolute Gasteiger partial charge is 0.493 e. The second-order valence-corrected chi connectivity index (χ2v) is 4.81. The van der Waals surface area contributed by atoms with Gasteiger partial charge in [-0.25, -0.2) is 0 Å². The highest BCUT2D eigenvalue weighted by atomic mass is 79.9. The minimum atomic E-state index is -0.349. The summed E-state index contributed by atoms with van der Waals surface area (Å²) < 4.78 is 11.4. The van der Waals surface area contributed by atoms with Gasteiger partial charge in [0.15, 0.2) is 11.5 Å². The van der Waals surface area contributed by atoms with E-state index in [1.807, 2.05) is 26.0 Å². The van der Waals surface area contributed by atoms with Crippen LogP contribution in [-0.2, 0) is 5.41 Å². The predicted octanol–water partition coefficient (Wildman–Crippen LogP) is 3.38. The Morgan fingerprint density at radius 2 is 1.69 bits per heavy atom. The molecule has 0 bridgehead atoms. The third-order valence-corrected chi connectivity index (χ3v) is 3.16. The average molecular weight is 283 g/mol. The zero-order valence-electron chi connectivity index (χ0n) is 9.93. The van der Waals surface area contributed by atoms with Crippen LogP contribution in [0.1, 0.15) is 19.4 Å². The third kappa shape index (κ3) is 2.33. The molecule has 0 fully saturated rings. The second-order valence-electron chi connectivity index (χ2n) is 3.96. The molecule has 0 radical (unpaired) electrons. The molecule has 1 aromatic carbocycles. The van der Waals surface area contributed by atoms with Gasteiger partial charge in [0.05, 0.1) is 19.6 Å². The molecule has 0 atom stereocenters. The van der Waals surface area contributed by atoms with Gasteiger partial charge < -0.3 is 9.47 Å². The van der Waals surface area contributed by atoms with E-state index in [1.54, 1.807) is 14.2 Å². The molecule has 0 heterocycles. The molecule has 16 heavy (non-hydrogen) atoms. The van der Waals surface area contributed by atoms with Crippen molar-refractivity contribution < 1.29 is 9.47 Å². The quantitative estimate of drug-likeness (QED) is 0.792. The molecule has 0 aliphatic heterocycles. The third-order valence-electron chi connectivity index (χ3n) is 2.51. The summed E-state index contributed by atoms with van der Waals surface area (Å²) in [6, 6.07) is 3.77. The van der Waals surface area contributed by atoms with Gasteiger partial charge in [-0.3, -0.25) is 0 Å². The molecular weight excluding hydrogens is 268 g/mol. The van der Waals surface area contributed by atoms with Crippen LogP contribution in [0.25, 0.3) is 0 Å². The van der Waals surface area contributed by atoms with E-state index in [9.17, 15) is 0 Å². The van der Waals surface area contributed by atoms with Gasteiger partial charge in [0.2, 0.25) is 0 Å². The molecule has 2 nitrogen and oxygen atoms in total. The van der Waals surface area contributed by atoms with Crippen LogP contribution in [0, 0.1) is 12.3 Å². The van der Waals surface area contributed by atoms with E-state index in [0.29, 0.717) is 11.5 Å². The summed E-state index contributed by atoms with van der Waals surface area (Å²) >= 11 is 3.50. The second kappa shape index (κ2) is 4.80. The van der Waals surface area contributed by atoms with Gasteiger partial charge >= 0.3 is 0 Å². The minimum absolute atomic E-state index is 0.349. The molecule has 0 amide bonds. The van der Waals surface area contributed by atoms with Crippen molar-refractivity contribution in [3.63, 3.8) is 0 Å². The molecule has 0 saturated carbocycles. The number of benzene rings is 1. The van der Waals surface area contributed by atoms with Gasteiger partial charge in [-0.15, -0.1) is 6.42 Å². The maximum absolute atomic E-state index is 5.53. The Hall–Kier alpha value is -1.14. The minimum Gasteiger partial charge on any atom is -0.493 e. The topological polar surface area (TPSA) is 18.5 Å². The fourth-order valence-electron chi connectivity index (χ4n) is 1.41. The average Bonchev–Trinajstić information content (AvgIpc) is 2.28. The van der Waals surface area contributed by atoms with Crippen LogP contribution in [0.3, 0.4) is 0 Å². The summed E-state index contributed by atoms with van der Waals surface area (Å²) in [5.74, 6) is 4.13. The molecule has 0 saturated heterocycles. The number of ether oxygens (including phenoxy) is 2. The van der Waals surface area contributed by atoms with Crippen LogP contribution < -0.4 is 9.47 Å². The van der Waals surface area contributed by atoms with E-state index >= 15 is 0 Å². The van der Waals surface area contributed by atoms with Crippen LogP contribution in [-0.4, -0.2) is 14.2 Å². The lowest BCUT2D eigenvalue weighted by molar-refractivity contribution is 0.353. The van der Waals surface area contributed by atoms with Crippen molar-refractivity contribution in [2.24, 2.45) is 0 Å². The Bertz CT molecular complexity index is 430. The first-order chi connectivity index (χ1) is 7.46. The molecule has 0 spiro atoms. The monoisotopic (exact) mass is 282 g/mol. The summed E-state index contributed by atoms with van der Waals surface area (Å²) in [5.41, 5.74) is 0.658. The summed E-state index contributed by atoms with van der Waals surface area (Å²) in [7, 11) is 3.22. The van der Waals surface area contributed by atoms with Crippen molar-refractivity contribution in [1.82, 2.24) is 0 Å². The standard InChI is InChI=1S/C13H15BrO2/c1-6-13(2,3)9-7-11(15-4)12(16-5)8-10(9)14/h1,7-8H,2-5H3. The fourth-order valence-corrected chi connectivity index (χ4v) is 2.23. The molecule has 0 N–H and O–H groups in total. The van der Waals surface area contributed by atoms with Gasteiger partial charge in [0, 0.05) is 4.47 Å². The Morgan fingerprint density at radius 3 is 2.12 bits per heavy atom. The summed E-state index contributed by atoms with van der Waals surface area (Å²) in [4.78, 5) is 0. The van der Waals surface area contributed by atoms with E-state index in [2.05, 4.69) is 21.9 Å². The van der Waals surface area contributed by atoms with E-state index in [-0.39, 0.29) is 5.41 Å². The zero-order valence-corrected chi connectivity index (χ0v) is 11.5. The number of hydrogen-bond acceptors (Lipinski definition) is 2. The SMILES string of the molecule is C#CC(C)(C)c1cc(OC)c(OC)cc1Br. The lowest BCUT2D eigenvalue weighted by atomic mass is 9.85. The lowest BCUT2D eigenvalue weighted by Gasteiger charge is -2.21. The fraction of sp³-hybridized carbons (Fsp3) is 0.385. The van der Waals surface area contributed by atoms with Crippen LogP contribution in [0.5, 0.6) is 11.5 Å². The van der Waals surface area contributed by atoms with Gasteiger partial charge in [0.1, 0.15) is 0 Å². The zero-order chi connectivity index (χ0) is 12.3. The summed E-state index contributed by atoms with van der Waals surface area (Å²) in [5, 5.41) is 0. The molecule has 0 unspecified atom stereocenters. The van der Waals surface area contributed by atoms with Crippen LogP contribution in [0.4, 0.5) is 0 Å². The first-order valence-corrected chi connectivity index (χ1v) is 5.65. The number of hydrogen-bond donors (Lipinski definition) is 0. The van der Waals surface area contributed by atoms with Crippen LogP contribution in [0.2, 0.25) is 0 Å². The maximum atomic E-state index is 5.53. The molecule has 86 valence electrons. The van der Waals surface area contributed by atoms with Crippen molar-refractivity contribution in [2.45, 2.75) is 19.3 Å². The van der Waals surface area contributed by atoms with Gasteiger partial charge in [-0.2, -0.15) is 0 Å². The number of halogens is 1. The Kier molecular flexibility index (Phi) is 3.88. The van der Waals surface area contributed by atoms with E-state index in [1.165, 1.54) is 0 Å². The molecule has 0 aliphatic rings. The lowest BCUT2D eigenvalue weighted by Crippen LogP contribution is -2.15. The molecular formula is C13H15BrO2. The van der Waals surface area contributed by atoms with Gasteiger partial charge in [0.25, 0.3) is 0 Å². The van der Waals surface area contributed by atoms with Crippen LogP contribution >= 0.6 is 15.9 Å². The molecule has 3 heteroatoms. The Labute approximate surface area is 105 Å². The maximum Gasteiger partial charge on any atom is 0.161 e. The highest BCUT2D eigenvalue weighted by Crippen LogP contribution is 2.38. The summed E-state index contributed by atoms with van der Waals surface area (Å²) in [6.07, 6.45) is 5.53. The molecule has 1 rings (SSSR count). The first-order valence-electron chi connectivity index (χ1n) is 4.86. The summed E-state index contributed by atoms with van der Waals surface area (Å²) in [6.45, 7) is 3.97. The van der Waals surface area contributed by atoms with Gasteiger partial charge in [-0.1, -0.05) is 21.9 Å². The highest BCUT2D eigenvalue weighted by molar-refractivity contribution is 9.10. The van der Waals surface area contributed by atoms with Crippen molar-refractivity contribution in [1.29, 1.82) is 0 Å². The van der Waals surface area contributed by atoms with Crippen molar-refractivity contribution in [3.8, 4) is 23.8 Å². The highest BCUT2D eigenvalue weighted by Gasteiger charge is 2.22. The van der Waals surface area contributed by atoms with E-state index in [0.717, 1.165) is 10.0 Å². The van der Waals surface area contributed by atoms with E-state index < -0.39 is 0 Å². The predicted molar refractivity (Wildman–Crippen MR) is 69.1 cm³/mol.